The third-order valence-corrected chi connectivity index (χ3v) is 2.96. The van der Waals surface area contributed by atoms with Crippen LogP contribution in [0.3, 0.4) is 0 Å². The molecule has 1 aromatic rings. The van der Waals surface area contributed by atoms with Gasteiger partial charge in [-0.2, -0.15) is 5.10 Å². The summed E-state index contributed by atoms with van der Waals surface area (Å²) in [5, 5.41) is 13.0. The Morgan fingerprint density at radius 2 is 2.27 bits per heavy atom. The van der Waals surface area contributed by atoms with Crippen LogP contribution in [0.1, 0.15) is 43.5 Å². The van der Waals surface area contributed by atoms with Crippen LogP contribution in [0.2, 0.25) is 0 Å². The highest BCUT2D eigenvalue weighted by Gasteiger charge is 2.24. The van der Waals surface area contributed by atoms with Gasteiger partial charge in [0.05, 0.1) is 11.7 Å². The molecule has 1 saturated carbocycles. The highest BCUT2D eigenvalue weighted by atomic mass is 16.4. The summed E-state index contributed by atoms with van der Waals surface area (Å²) in [7, 11) is 0. The molecule has 0 bridgehead atoms. The van der Waals surface area contributed by atoms with Gasteiger partial charge in [0.2, 0.25) is 0 Å². The molecule has 1 aliphatic carbocycles. The van der Waals surface area contributed by atoms with Gasteiger partial charge in [-0.3, -0.25) is 9.48 Å². The lowest BCUT2D eigenvalue weighted by atomic mass is 10.2. The van der Waals surface area contributed by atoms with Gasteiger partial charge in [-0.1, -0.05) is 12.8 Å². The highest BCUT2D eigenvalue weighted by Crippen LogP contribution is 2.30. The number of nitrogens with two attached hydrogens (primary N) is 1. The second-order valence-corrected chi connectivity index (χ2v) is 3.95. The molecule has 0 aliphatic heterocycles. The summed E-state index contributed by atoms with van der Waals surface area (Å²) in [5.74, 6) is -1.00. The normalized spacial score (nSPS) is 19.3. The Balaban J connectivity index is 2.24. The van der Waals surface area contributed by atoms with Gasteiger partial charge in [0.15, 0.2) is 0 Å². The highest BCUT2D eigenvalue weighted by molar-refractivity contribution is 5.74. The fourth-order valence-electron chi connectivity index (χ4n) is 2.15. The molecule has 1 aliphatic rings. The van der Waals surface area contributed by atoms with E-state index < -0.39 is 12.0 Å². The predicted octanol–water partition coefficient (Wildman–Crippen LogP) is 1.08. The minimum Gasteiger partial charge on any atom is -0.480 e. The molecular formula is C10H15N3O2. The van der Waals surface area contributed by atoms with Crippen molar-refractivity contribution in [3.63, 3.8) is 0 Å². The molecule has 0 radical (unpaired) electrons. The van der Waals surface area contributed by atoms with Crippen molar-refractivity contribution in [3.8, 4) is 0 Å². The number of aliphatic carboxylic acids is 1. The van der Waals surface area contributed by atoms with Crippen molar-refractivity contribution < 1.29 is 9.90 Å². The van der Waals surface area contributed by atoms with E-state index in [1.54, 1.807) is 16.9 Å². The first-order valence-corrected chi connectivity index (χ1v) is 5.22. The van der Waals surface area contributed by atoms with E-state index in [1.807, 2.05) is 0 Å². The van der Waals surface area contributed by atoms with Crippen LogP contribution in [-0.2, 0) is 4.79 Å². The Hall–Kier alpha value is -1.36. The number of carboxylic acids is 1. The molecule has 1 fully saturated rings. The average Bonchev–Trinajstić information content (AvgIpc) is 2.86. The molecule has 82 valence electrons. The lowest BCUT2D eigenvalue weighted by molar-refractivity contribution is -0.138. The molecular weight excluding hydrogens is 194 g/mol. The van der Waals surface area contributed by atoms with Crippen LogP contribution >= 0.6 is 0 Å². The van der Waals surface area contributed by atoms with Crippen LogP contribution in [0, 0.1) is 0 Å². The molecule has 1 unspecified atom stereocenters. The number of rotatable bonds is 3. The Kier molecular flexibility index (Phi) is 2.73. The Bertz CT molecular complexity index is 355. The standard InChI is InChI=1S/C10H15N3O2/c11-9(10(14)15)8-5-6-12-13(8)7-3-1-2-4-7/h5-7,9H,1-4,11H2,(H,14,15). The van der Waals surface area contributed by atoms with E-state index in [0.717, 1.165) is 12.8 Å². The summed E-state index contributed by atoms with van der Waals surface area (Å²) < 4.78 is 1.78. The maximum Gasteiger partial charge on any atom is 0.326 e. The van der Waals surface area contributed by atoms with Crippen molar-refractivity contribution in [2.24, 2.45) is 5.73 Å². The molecule has 3 N–H and O–H groups in total. The monoisotopic (exact) mass is 209 g/mol. The van der Waals surface area contributed by atoms with Crippen LogP contribution in [0.25, 0.3) is 0 Å². The van der Waals surface area contributed by atoms with Crippen LogP contribution in [0.15, 0.2) is 12.3 Å². The topological polar surface area (TPSA) is 81.1 Å². The lowest BCUT2D eigenvalue weighted by Crippen LogP contribution is -2.25. The SMILES string of the molecule is NC(C(=O)O)c1ccnn1C1CCCC1. The second-order valence-electron chi connectivity index (χ2n) is 3.95. The van der Waals surface area contributed by atoms with E-state index in [0.29, 0.717) is 11.7 Å². The summed E-state index contributed by atoms with van der Waals surface area (Å²) in [4.78, 5) is 10.8. The predicted molar refractivity (Wildman–Crippen MR) is 54.3 cm³/mol. The quantitative estimate of drug-likeness (QED) is 0.780. The minimum atomic E-state index is -1.00. The average molecular weight is 209 g/mol. The molecule has 1 aromatic heterocycles. The van der Waals surface area contributed by atoms with Gasteiger partial charge in [-0.15, -0.1) is 0 Å². The molecule has 5 nitrogen and oxygen atoms in total. The van der Waals surface area contributed by atoms with Gasteiger partial charge in [-0.05, 0) is 18.9 Å². The zero-order chi connectivity index (χ0) is 10.8. The minimum absolute atomic E-state index is 0.334. The van der Waals surface area contributed by atoms with Crippen molar-refractivity contribution in [3.05, 3.63) is 18.0 Å². The lowest BCUT2D eigenvalue weighted by Gasteiger charge is -2.16. The second kappa shape index (κ2) is 4.02. The Morgan fingerprint density at radius 1 is 1.60 bits per heavy atom. The van der Waals surface area contributed by atoms with E-state index in [1.165, 1.54) is 12.8 Å². The van der Waals surface area contributed by atoms with Crippen molar-refractivity contribution >= 4 is 5.97 Å². The van der Waals surface area contributed by atoms with E-state index in [-0.39, 0.29) is 0 Å². The Morgan fingerprint density at radius 3 is 2.87 bits per heavy atom. The number of carboxylic acid groups (broad SMARTS) is 1. The molecule has 5 heteroatoms. The van der Waals surface area contributed by atoms with Crippen molar-refractivity contribution in [2.75, 3.05) is 0 Å². The number of carbonyl (C=O) groups is 1. The summed E-state index contributed by atoms with van der Waals surface area (Å²) in [5.41, 5.74) is 6.20. The summed E-state index contributed by atoms with van der Waals surface area (Å²) in [6.45, 7) is 0. The first-order valence-electron chi connectivity index (χ1n) is 5.22. The van der Waals surface area contributed by atoms with Crippen LogP contribution in [-0.4, -0.2) is 20.9 Å². The fraction of sp³-hybridized carbons (Fsp3) is 0.600. The largest absolute Gasteiger partial charge is 0.480 e. The number of nitrogens with zero attached hydrogens (tertiary/aromatic N) is 2. The zero-order valence-corrected chi connectivity index (χ0v) is 8.47. The molecule has 0 saturated heterocycles. The molecule has 0 spiro atoms. The maximum absolute atomic E-state index is 10.8. The van der Waals surface area contributed by atoms with Gasteiger partial charge in [0.25, 0.3) is 0 Å². The van der Waals surface area contributed by atoms with Crippen molar-refractivity contribution in [2.45, 2.75) is 37.8 Å². The summed E-state index contributed by atoms with van der Waals surface area (Å²) >= 11 is 0. The molecule has 1 heterocycles. The zero-order valence-electron chi connectivity index (χ0n) is 8.47. The van der Waals surface area contributed by atoms with Gasteiger partial charge in [0.1, 0.15) is 6.04 Å². The van der Waals surface area contributed by atoms with Crippen LogP contribution in [0.4, 0.5) is 0 Å². The van der Waals surface area contributed by atoms with Gasteiger partial charge in [0, 0.05) is 6.20 Å². The summed E-state index contributed by atoms with van der Waals surface area (Å²) in [6.07, 6.45) is 6.14. The molecule has 15 heavy (non-hydrogen) atoms. The molecule has 1 atom stereocenters. The smallest absolute Gasteiger partial charge is 0.326 e. The molecule has 2 rings (SSSR count). The first kappa shape index (κ1) is 10.2. The van der Waals surface area contributed by atoms with E-state index in [4.69, 9.17) is 10.8 Å². The van der Waals surface area contributed by atoms with Gasteiger partial charge < -0.3 is 10.8 Å². The number of hydrogen-bond acceptors (Lipinski definition) is 3. The Labute approximate surface area is 87.9 Å². The first-order chi connectivity index (χ1) is 7.20. The van der Waals surface area contributed by atoms with Crippen molar-refractivity contribution in [1.82, 2.24) is 9.78 Å². The molecule has 0 aromatic carbocycles. The van der Waals surface area contributed by atoms with Crippen molar-refractivity contribution in [1.29, 1.82) is 0 Å². The van der Waals surface area contributed by atoms with E-state index in [2.05, 4.69) is 5.10 Å². The number of hydrogen-bond donors (Lipinski definition) is 2. The fourth-order valence-corrected chi connectivity index (χ4v) is 2.15. The van der Waals surface area contributed by atoms with Crippen LogP contribution < -0.4 is 5.73 Å². The third-order valence-electron chi connectivity index (χ3n) is 2.96. The number of aromatic nitrogens is 2. The third kappa shape index (κ3) is 1.87. The summed E-state index contributed by atoms with van der Waals surface area (Å²) in [6, 6.07) is 1.06. The van der Waals surface area contributed by atoms with Crippen LogP contribution in [0.5, 0.6) is 0 Å². The van der Waals surface area contributed by atoms with E-state index >= 15 is 0 Å². The maximum atomic E-state index is 10.8. The van der Waals surface area contributed by atoms with Gasteiger partial charge >= 0.3 is 5.97 Å². The van der Waals surface area contributed by atoms with E-state index in [9.17, 15) is 4.79 Å². The molecule has 0 amide bonds. The van der Waals surface area contributed by atoms with Gasteiger partial charge in [-0.25, -0.2) is 0 Å².